The minimum atomic E-state index is -0.491. The van der Waals surface area contributed by atoms with Gasteiger partial charge in [-0.25, -0.2) is 24.1 Å². The number of nitrogens with zero attached hydrogens (tertiary/aromatic N) is 4. The van der Waals surface area contributed by atoms with Crippen LogP contribution in [-0.2, 0) is 4.74 Å². The highest BCUT2D eigenvalue weighted by atomic mass is 19.1. The molecule has 0 bridgehead atoms. The van der Waals surface area contributed by atoms with E-state index in [2.05, 4.69) is 25.3 Å². The summed E-state index contributed by atoms with van der Waals surface area (Å²) in [6.45, 7) is 7.77. The first-order chi connectivity index (χ1) is 15.7. The number of nitrogens with one attached hydrogen (secondary N) is 2. The number of cyclic esters (lactones) is 1. The maximum Gasteiger partial charge on any atom is 0.417 e. The van der Waals surface area contributed by atoms with Gasteiger partial charge in [-0.15, -0.1) is 0 Å². The third kappa shape index (κ3) is 4.55. The number of anilines is 2. The van der Waals surface area contributed by atoms with Crippen LogP contribution in [-0.4, -0.2) is 38.7 Å². The van der Waals surface area contributed by atoms with E-state index in [1.165, 1.54) is 17.3 Å². The molecule has 0 spiro atoms. The SMILES string of the molecule is Cc1cc(-c2ccc([C@H](C)Nc3ncnc(N4C(=O)OCC4C(C)C)n3)[nH]c2=O)ccc1F. The molecule has 0 radical (unpaired) electrons. The molecule has 9 nitrogen and oxygen atoms in total. The fourth-order valence-electron chi connectivity index (χ4n) is 3.68. The highest BCUT2D eigenvalue weighted by molar-refractivity contribution is 5.88. The molecule has 1 unspecified atom stereocenters. The number of carbonyl (C=O) groups is 1. The molecule has 1 aliphatic heterocycles. The summed E-state index contributed by atoms with van der Waals surface area (Å²) in [5, 5.41) is 3.12. The Hall–Kier alpha value is -3.82. The number of aryl methyl sites for hydroxylation is 1. The van der Waals surface area contributed by atoms with E-state index in [1.807, 2.05) is 20.8 Å². The van der Waals surface area contributed by atoms with Crippen molar-refractivity contribution in [2.75, 3.05) is 16.8 Å². The second-order valence-corrected chi connectivity index (χ2v) is 8.35. The molecular formula is C23H25FN6O3. The standard InChI is InChI=1S/C23H25FN6O3/c1-12(2)19-10-33-23(32)30(19)22-26-11-25-21(29-22)27-14(4)18-8-6-16(20(31)28-18)15-5-7-17(24)13(3)9-15/h5-9,11-12,14,19H,10H2,1-4H3,(H,28,31)(H,25,26,27,29)/t14-,19?/m0/s1. The molecule has 1 fully saturated rings. The third-order valence-electron chi connectivity index (χ3n) is 5.66. The van der Waals surface area contributed by atoms with Crippen LogP contribution in [0.25, 0.3) is 11.1 Å². The number of rotatable bonds is 6. The van der Waals surface area contributed by atoms with Crippen molar-refractivity contribution in [1.82, 2.24) is 19.9 Å². The molecule has 1 amide bonds. The predicted octanol–water partition coefficient (Wildman–Crippen LogP) is 3.83. The van der Waals surface area contributed by atoms with Gasteiger partial charge in [0, 0.05) is 11.3 Å². The largest absolute Gasteiger partial charge is 0.447 e. The first-order valence-electron chi connectivity index (χ1n) is 10.7. The second-order valence-electron chi connectivity index (χ2n) is 8.35. The fourth-order valence-corrected chi connectivity index (χ4v) is 3.68. The van der Waals surface area contributed by atoms with Crippen molar-refractivity contribution in [1.29, 1.82) is 0 Å². The Kier molecular flexibility index (Phi) is 6.08. The second kappa shape index (κ2) is 8.97. The molecular weight excluding hydrogens is 427 g/mol. The molecule has 0 saturated carbocycles. The van der Waals surface area contributed by atoms with E-state index in [1.54, 1.807) is 31.2 Å². The highest BCUT2D eigenvalue weighted by Crippen LogP contribution is 2.25. The summed E-state index contributed by atoms with van der Waals surface area (Å²) in [7, 11) is 0. The molecule has 2 N–H and O–H groups in total. The molecule has 1 aromatic carbocycles. The van der Waals surface area contributed by atoms with Gasteiger partial charge in [0.05, 0.1) is 12.1 Å². The van der Waals surface area contributed by atoms with E-state index in [0.29, 0.717) is 22.4 Å². The van der Waals surface area contributed by atoms with Gasteiger partial charge in [0.2, 0.25) is 11.9 Å². The van der Waals surface area contributed by atoms with Crippen LogP contribution in [0, 0.1) is 18.7 Å². The number of carbonyl (C=O) groups excluding carboxylic acids is 1. The van der Waals surface area contributed by atoms with Crippen LogP contribution >= 0.6 is 0 Å². The van der Waals surface area contributed by atoms with Gasteiger partial charge in [-0.05, 0) is 55.2 Å². The number of aromatic amines is 1. The lowest BCUT2D eigenvalue weighted by atomic mass is 10.0. The van der Waals surface area contributed by atoms with Gasteiger partial charge in [-0.3, -0.25) is 4.79 Å². The average molecular weight is 452 g/mol. The molecule has 1 aliphatic rings. The number of hydrogen-bond acceptors (Lipinski definition) is 7. The van der Waals surface area contributed by atoms with Crippen LogP contribution in [0.4, 0.5) is 21.1 Å². The van der Waals surface area contributed by atoms with E-state index in [-0.39, 0.29) is 47.9 Å². The van der Waals surface area contributed by atoms with Crippen LogP contribution in [0.3, 0.4) is 0 Å². The first kappa shape index (κ1) is 22.4. The van der Waals surface area contributed by atoms with Crippen molar-refractivity contribution >= 4 is 18.0 Å². The molecule has 0 aliphatic carbocycles. The lowest BCUT2D eigenvalue weighted by Crippen LogP contribution is -2.38. The van der Waals surface area contributed by atoms with Crippen LogP contribution in [0.1, 0.15) is 38.1 Å². The monoisotopic (exact) mass is 452 g/mol. The Bertz CT molecular complexity index is 1240. The minimum Gasteiger partial charge on any atom is -0.447 e. The van der Waals surface area contributed by atoms with Crippen LogP contribution in [0.5, 0.6) is 0 Å². The van der Waals surface area contributed by atoms with E-state index < -0.39 is 6.09 Å². The number of ether oxygens (including phenoxy) is 1. The van der Waals surface area contributed by atoms with Crippen molar-refractivity contribution in [2.24, 2.45) is 5.92 Å². The third-order valence-corrected chi connectivity index (χ3v) is 5.66. The van der Waals surface area contributed by atoms with Gasteiger partial charge in [0.25, 0.3) is 5.56 Å². The summed E-state index contributed by atoms with van der Waals surface area (Å²) in [4.78, 5) is 41.8. The first-order valence-corrected chi connectivity index (χ1v) is 10.7. The van der Waals surface area contributed by atoms with Gasteiger partial charge in [-0.2, -0.15) is 4.98 Å². The lowest BCUT2D eigenvalue weighted by Gasteiger charge is -2.22. The number of halogens is 1. The van der Waals surface area contributed by atoms with Gasteiger partial charge in [-0.1, -0.05) is 19.9 Å². The number of aromatic nitrogens is 4. The molecule has 172 valence electrons. The fraction of sp³-hybridized carbons (Fsp3) is 0.348. The van der Waals surface area contributed by atoms with E-state index >= 15 is 0 Å². The maximum absolute atomic E-state index is 13.6. The molecule has 33 heavy (non-hydrogen) atoms. The Labute approximate surface area is 190 Å². The number of hydrogen-bond donors (Lipinski definition) is 2. The zero-order valence-corrected chi connectivity index (χ0v) is 18.8. The quantitative estimate of drug-likeness (QED) is 0.584. The lowest BCUT2D eigenvalue weighted by molar-refractivity contribution is 0.177. The summed E-state index contributed by atoms with van der Waals surface area (Å²) in [6, 6.07) is 7.54. The topological polar surface area (TPSA) is 113 Å². The van der Waals surface area contributed by atoms with Crippen molar-refractivity contribution in [2.45, 2.75) is 39.8 Å². The number of benzene rings is 1. The van der Waals surface area contributed by atoms with Gasteiger partial charge >= 0.3 is 6.09 Å². The molecule has 2 aromatic heterocycles. The minimum absolute atomic E-state index is 0.163. The van der Waals surface area contributed by atoms with E-state index in [4.69, 9.17) is 4.74 Å². The zero-order valence-electron chi connectivity index (χ0n) is 18.8. The maximum atomic E-state index is 13.6. The van der Waals surface area contributed by atoms with Crippen LogP contribution in [0.2, 0.25) is 0 Å². The Morgan fingerprint density at radius 2 is 1.97 bits per heavy atom. The van der Waals surface area contributed by atoms with Gasteiger partial charge in [0.15, 0.2) is 0 Å². The molecule has 2 atom stereocenters. The summed E-state index contributed by atoms with van der Waals surface area (Å²) < 4.78 is 18.7. The number of pyridine rings is 1. The molecule has 4 rings (SSSR count). The summed E-state index contributed by atoms with van der Waals surface area (Å²) in [5.74, 6) is 0.311. The Morgan fingerprint density at radius 1 is 1.18 bits per heavy atom. The normalized spacial score (nSPS) is 16.7. The van der Waals surface area contributed by atoms with Crippen molar-refractivity contribution in [3.8, 4) is 11.1 Å². The summed E-state index contributed by atoms with van der Waals surface area (Å²) in [5.41, 5.74) is 1.89. The van der Waals surface area contributed by atoms with Gasteiger partial charge in [0.1, 0.15) is 18.8 Å². The Morgan fingerprint density at radius 3 is 2.67 bits per heavy atom. The Balaban J connectivity index is 1.54. The summed E-state index contributed by atoms with van der Waals surface area (Å²) in [6.07, 6.45) is 0.832. The molecule has 3 aromatic rings. The zero-order chi connectivity index (χ0) is 23.7. The molecule has 3 heterocycles. The molecule has 1 saturated heterocycles. The summed E-state index contributed by atoms with van der Waals surface area (Å²) >= 11 is 0. The highest BCUT2D eigenvalue weighted by Gasteiger charge is 2.38. The smallest absolute Gasteiger partial charge is 0.417 e. The molecule has 10 heteroatoms. The van der Waals surface area contributed by atoms with Crippen molar-refractivity contribution in [3.05, 3.63) is 64.1 Å². The number of amides is 1. The van der Waals surface area contributed by atoms with E-state index in [9.17, 15) is 14.0 Å². The van der Waals surface area contributed by atoms with Crippen molar-refractivity contribution in [3.63, 3.8) is 0 Å². The average Bonchev–Trinajstić information content (AvgIpc) is 3.17. The predicted molar refractivity (Wildman–Crippen MR) is 122 cm³/mol. The van der Waals surface area contributed by atoms with Crippen LogP contribution < -0.4 is 15.8 Å². The van der Waals surface area contributed by atoms with Crippen molar-refractivity contribution < 1.29 is 13.9 Å². The van der Waals surface area contributed by atoms with E-state index in [0.717, 1.165) is 0 Å². The number of H-pyrrole nitrogens is 1. The van der Waals surface area contributed by atoms with Gasteiger partial charge < -0.3 is 15.0 Å². The van der Waals surface area contributed by atoms with Crippen LogP contribution in [0.15, 0.2) is 41.5 Å².